The number of thiol groups is 1. The van der Waals surface area contributed by atoms with E-state index < -0.39 is 10.7 Å². The first-order chi connectivity index (χ1) is 5.18. The molecule has 0 aliphatic heterocycles. The summed E-state index contributed by atoms with van der Waals surface area (Å²) in [6.07, 6.45) is 1.40. The van der Waals surface area contributed by atoms with Crippen LogP contribution < -0.4 is 5.56 Å². The van der Waals surface area contributed by atoms with Crippen LogP contribution in [0.1, 0.15) is 5.56 Å². The molecule has 0 amide bonds. The topological polar surface area (TPSA) is 67.0 Å². The Morgan fingerprint density at radius 2 is 2.09 bits per heavy atom. The highest BCUT2D eigenvalue weighted by atomic mass is 32.2. The minimum atomic E-state index is -2.41. The van der Waals surface area contributed by atoms with E-state index in [1.807, 2.05) is 0 Å². The molecule has 0 aliphatic carbocycles. The molecule has 0 unspecified atom stereocenters. The maximum atomic E-state index is 10.5. The lowest BCUT2D eigenvalue weighted by molar-refractivity contribution is 0.614. The van der Waals surface area contributed by atoms with Gasteiger partial charge in [-0.15, -0.1) is 0 Å². The van der Waals surface area contributed by atoms with Gasteiger partial charge in [-0.2, -0.15) is 0 Å². The van der Waals surface area contributed by atoms with E-state index >= 15 is 0 Å². The number of aromatic amines is 1. The van der Waals surface area contributed by atoms with Crippen LogP contribution in [-0.2, 0) is 16.5 Å². The Bertz CT molecular complexity index is 338. The van der Waals surface area contributed by atoms with Gasteiger partial charge in [0.05, 0.1) is 5.75 Å². The first kappa shape index (κ1) is 8.00. The summed E-state index contributed by atoms with van der Waals surface area (Å²) in [7, 11) is -2.41. The van der Waals surface area contributed by atoms with Crippen LogP contribution in [0.15, 0.2) is 23.1 Å². The maximum absolute atomic E-state index is 10.5. The quantitative estimate of drug-likeness (QED) is 0.592. The highest BCUT2D eigenvalue weighted by molar-refractivity contribution is 7.71. The molecule has 5 heteroatoms. The van der Waals surface area contributed by atoms with Crippen molar-refractivity contribution in [2.24, 2.45) is 0 Å². The van der Waals surface area contributed by atoms with E-state index in [9.17, 15) is 13.2 Å². The van der Waals surface area contributed by atoms with Crippen molar-refractivity contribution in [2.75, 3.05) is 0 Å². The minimum Gasteiger partial charge on any atom is -0.329 e. The molecule has 1 N–H and O–H groups in total. The van der Waals surface area contributed by atoms with Crippen LogP contribution in [0.5, 0.6) is 0 Å². The summed E-state index contributed by atoms with van der Waals surface area (Å²) in [5.41, 5.74) is 0.371. The highest BCUT2D eigenvalue weighted by Gasteiger charge is 1.92. The van der Waals surface area contributed by atoms with Gasteiger partial charge in [0.25, 0.3) is 0 Å². The van der Waals surface area contributed by atoms with Crippen molar-refractivity contribution in [1.82, 2.24) is 4.98 Å². The third-order valence-electron chi connectivity index (χ3n) is 1.16. The second kappa shape index (κ2) is 3.34. The van der Waals surface area contributed by atoms with Gasteiger partial charge in [0.1, 0.15) is 10.7 Å². The summed E-state index contributed by atoms with van der Waals surface area (Å²) < 4.78 is 20.4. The summed E-state index contributed by atoms with van der Waals surface area (Å²) in [6.45, 7) is 0. The molecular formula is C6H7NO3S. The normalized spacial score (nSPS) is 10.3. The molecule has 60 valence electrons. The third-order valence-corrected chi connectivity index (χ3v) is 1.78. The van der Waals surface area contributed by atoms with Crippen LogP contribution in [-0.4, -0.2) is 13.4 Å². The lowest BCUT2D eigenvalue weighted by atomic mass is 10.3. The molecule has 1 aromatic heterocycles. The van der Waals surface area contributed by atoms with Crippen molar-refractivity contribution in [3.63, 3.8) is 0 Å². The Hall–Kier alpha value is -1.10. The Morgan fingerprint density at radius 1 is 1.36 bits per heavy atom. The molecule has 0 atom stereocenters. The summed E-state index contributed by atoms with van der Waals surface area (Å²) in [4.78, 5) is 12.9. The van der Waals surface area contributed by atoms with E-state index in [-0.39, 0.29) is 11.3 Å². The molecule has 1 rings (SSSR count). The molecule has 11 heavy (non-hydrogen) atoms. The van der Waals surface area contributed by atoms with E-state index in [1.54, 1.807) is 0 Å². The third kappa shape index (κ3) is 2.55. The van der Waals surface area contributed by atoms with Gasteiger partial charge < -0.3 is 4.98 Å². The summed E-state index contributed by atoms with van der Waals surface area (Å²) in [5.74, 6) is -0.0217. The lowest BCUT2D eigenvalue weighted by Gasteiger charge is -1.90. The van der Waals surface area contributed by atoms with E-state index in [1.165, 1.54) is 18.3 Å². The number of nitrogens with one attached hydrogen (secondary N) is 1. The molecule has 4 nitrogen and oxygen atoms in total. The first-order valence-electron chi connectivity index (χ1n) is 2.98. The second-order valence-electron chi connectivity index (χ2n) is 2.05. The fraction of sp³-hybridized carbons (Fsp3) is 0.167. The molecule has 0 spiro atoms. The zero-order valence-corrected chi connectivity index (χ0v) is 6.51. The fourth-order valence-electron chi connectivity index (χ4n) is 0.690. The predicted molar refractivity (Wildman–Crippen MR) is 41.1 cm³/mol. The Balaban J connectivity index is 2.90. The van der Waals surface area contributed by atoms with Gasteiger partial charge in [0.2, 0.25) is 5.56 Å². The van der Waals surface area contributed by atoms with Gasteiger partial charge in [-0.25, -0.2) is 8.42 Å². The number of hydrogen-bond donors (Lipinski definition) is 2. The average molecular weight is 173 g/mol. The molecule has 0 aromatic carbocycles. The SMILES string of the molecule is O=c1ccc(C[SH](=O)=O)c[nH]1. The molecule has 1 heterocycles. The van der Waals surface area contributed by atoms with Gasteiger partial charge in [-0.1, -0.05) is 6.07 Å². The standard InChI is InChI=1S/C6H7NO3S/c8-6-2-1-5(3-7-6)4-11(9)10/h1-3,11H,4H2,(H,7,8). The molecule has 0 saturated carbocycles. The van der Waals surface area contributed by atoms with Crippen LogP contribution in [0.3, 0.4) is 0 Å². The van der Waals surface area contributed by atoms with Gasteiger partial charge in [-0.3, -0.25) is 4.79 Å². The Kier molecular flexibility index (Phi) is 2.43. The van der Waals surface area contributed by atoms with Crippen molar-refractivity contribution < 1.29 is 8.42 Å². The molecule has 0 bridgehead atoms. The summed E-state index contributed by atoms with van der Waals surface area (Å²) in [6, 6.07) is 2.79. The van der Waals surface area contributed by atoms with Crippen LogP contribution in [0.25, 0.3) is 0 Å². The lowest BCUT2D eigenvalue weighted by Crippen LogP contribution is -2.02. The first-order valence-corrected chi connectivity index (χ1v) is 4.34. The molecule has 0 saturated heterocycles. The van der Waals surface area contributed by atoms with E-state index in [2.05, 4.69) is 4.98 Å². The number of aromatic nitrogens is 1. The zero-order chi connectivity index (χ0) is 8.27. The van der Waals surface area contributed by atoms with Gasteiger partial charge in [-0.05, 0) is 5.56 Å². The molecule has 0 radical (unpaired) electrons. The van der Waals surface area contributed by atoms with Crippen LogP contribution in [0.2, 0.25) is 0 Å². The Morgan fingerprint density at radius 3 is 2.55 bits per heavy atom. The molecule has 0 fully saturated rings. The van der Waals surface area contributed by atoms with Crippen molar-refractivity contribution in [1.29, 1.82) is 0 Å². The summed E-state index contributed by atoms with van der Waals surface area (Å²) >= 11 is 0. The largest absolute Gasteiger partial charge is 0.329 e. The second-order valence-corrected chi connectivity index (χ2v) is 3.03. The van der Waals surface area contributed by atoms with E-state index in [4.69, 9.17) is 0 Å². The van der Waals surface area contributed by atoms with Gasteiger partial charge in [0.15, 0.2) is 0 Å². The maximum Gasteiger partial charge on any atom is 0.247 e. The fourth-order valence-corrected chi connectivity index (χ4v) is 1.19. The highest BCUT2D eigenvalue weighted by Crippen LogP contribution is 1.93. The number of pyridine rings is 1. The van der Waals surface area contributed by atoms with E-state index in [0.29, 0.717) is 5.56 Å². The molecule has 1 aromatic rings. The monoisotopic (exact) mass is 173 g/mol. The van der Waals surface area contributed by atoms with E-state index in [0.717, 1.165) is 0 Å². The van der Waals surface area contributed by atoms with Crippen molar-refractivity contribution >= 4 is 10.7 Å². The summed E-state index contributed by atoms with van der Waals surface area (Å²) in [5, 5.41) is 0. The van der Waals surface area contributed by atoms with Gasteiger partial charge >= 0.3 is 0 Å². The van der Waals surface area contributed by atoms with Crippen LogP contribution in [0, 0.1) is 0 Å². The van der Waals surface area contributed by atoms with Crippen molar-refractivity contribution in [3.8, 4) is 0 Å². The van der Waals surface area contributed by atoms with Crippen molar-refractivity contribution in [3.05, 3.63) is 34.2 Å². The number of H-pyrrole nitrogens is 1. The van der Waals surface area contributed by atoms with Crippen LogP contribution in [0.4, 0.5) is 0 Å². The number of hydrogen-bond acceptors (Lipinski definition) is 3. The minimum absolute atomic E-state index is 0.0217. The number of rotatable bonds is 2. The van der Waals surface area contributed by atoms with Crippen LogP contribution >= 0.6 is 0 Å². The smallest absolute Gasteiger partial charge is 0.247 e. The molecular weight excluding hydrogens is 166 g/mol. The molecule has 0 aliphatic rings. The van der Waals surface area contributed by atoms with Gasteiger partial charge in [0, 0.05) is 12.3 Å². The zero-order valence-electron chi connectivity index (χ0n) is 5.61. The average Bonchev–Trinajstić information content (AvgIpc) is 1.93. The predicted octanol–water partition coefficient (Wildman–Crippen LogP) is -0.514. The van der Waals surface area contributed by atoms with Crippen molar-refractivity contribution in [2.45, 2.75) is 5.75 Å². The Labute approximate surface area is 64.8 Å².